The molecule has 1 aromatic carbocycles. The second-order valence-corrected chi connectivity index (χ2v) is 4.46. The standard InChI is InChI=1S/C10H13I/c1-2-10(11)8-9-6-4-3-5-7-9/h3-7,10H,2,8H2,1H3. The first-order valence-electron chi connectivity index (χ1n) is 4.01. The summed E-state index contributed by atoms with van der Waals surface area (Å²) in [6, 6.07) is 10.7. The summed E-state index contributed by atoms with van der Waals surface area (Å²) < 4.78 is 0.787. The molecule has 1 atom stereocenters. The van der Waals surface area contributed by atoms with Gasteiger partial charge in [-0.25, -0.2) is 0 Å². The molecule has 0 fully saturated rings. The van der Waals surface area contributed by atoms with Crippen LogP contribution in [0.3, 0.4) is 0 Å². The lowest BCUT2D eigenvalue weighted by Gasteiger charge is -2.05. The molecule has 1 rings (SSSR count). The van der Waals surface area contributed by atoms with Crippen LogP contribution < -0.4 is 0 Å². The van der Waals surface area contributed by atoms with Crippen molar-refractivity contribution in [2.75, 3.05) is 0 Å². The second kappa shape index (κ2) is 4.75. The number of alkyl halides is 1. The van der Waals surface area contributed by atoms with E-state index in [1.54, 1.807) is 0 Å². The first kappa shape index (κ1) is 9.04. The maximum atomic E-state index is 2.51. The first-order chi connectivity index (χ1) is 5.33. The molecule has 0 spiro atoms. The maximum absolute atomic E-state index is 2.51. The van der Waals surface area contributed by atoms with Gasteiger partial charge >= 0.3 is 0 Å². The van der Waals surface area contributed by atoms with Gasteiger partial charge in [0.1, 0.15) is 0 Å². The summed E-state index contributed by atoms with van der Waals surface area (Å²) in [5, 5.41) is 0. The van der Waals surface area contributed by atoms with Crippen LogP contribution in [0.5, 0.6) is 0 Å². The van der Waals surface area contributed by atoms with Crippen molar-refractivity contribution in [1.29, 1.82) is 0 Å². The van der Waals surface area contributed by atoms with Crippen molar-refractivity contribution in [3.05, 3.63) is 35.9 Å². The monoisotopic (exact) mass is 260 g/mol. The Labute approximate surface area is 82.2 Å². The lowest BCUT2D eigenvalue weighted by Crippen LogP contribution is -1.99. The third-order valence-electron chi connectivity index (χ3n) is 1.74. The normalized spacial score (nSPS) is 12.9. The Morgan fingerprint density at radius 1 is 1.27 bits per heavy atom. The van der Waals surface area contributed by atoms with Crippen LogP contribution in [0.1, 0.15) is 18.9 Å². The average Bonchev–Trinajstić information content (AvgIpc) is 2.06. The van der Waals surface area contributed by atoms with Crippen molar-refractivity contribution in [3.63, 3.8) is 0 Å². The molecule has 0 aliphatic heterocycles. The Balaban J connectivity index is 2.51. The quantitative estimate of drug-likeness (QED) is 0.577. The lowest BCUT2D eigenvalue weighted by molar-refractivity contribution is 0.845. The minimum atomic E-state index is 0.787. The van der Waals surface area contributed by atoms with E-state index in [0.29, 0.717) is 0 Å². The van der Waals surface area contributed by atoms with Crippen LogP contribution in [0.25, 0.3) is 0 Å². The molecule has 0 N–H and O–H groups in total. The van der Waals surface area contributed by atoms with Crippen LogP contribution in [0.4, 0.5) is 0 Å². The summed E-state index contributed by atoms with van der Waals surface area (Å²) in [5.74, 6) is 0. The Hall–Kier alpha value is -0.0500. The Kier molecular flexibility index (Phi) is 3.91. The zero-order valence-electron chi connectivity index (χ0n) is 6.76. The molecule has 0 aliphatic carbocycles. The molecule has 1 aromatic rings. The Morgan fingerprint density at radius 2 is 1.91 bits per heavy atom. The lowest BCUT2D eigenvalue weighted by atomic mass is 10.1. The summed E-state index contributed by atoms with van der Waals surface area (Å²) in [6.07, 6.45) is 2.47. The van der Waals surface area contributed by atoms with Gasteiger partial charge in [-0.3, -0.25) is 0 Å². The van der Waals surface area contributed by atoms with Crippen LogP contribution in [-0.2, 0) is 6.42 Å². The SMILES string of the molecule is CCC(I)Cc1ccccc1. The average molecular weight is 260 g/mol. The fraction of sp³-hybridized carbons (Fsp3) is 0.400. The van der Waals surface area contributed by atoms with E-state index in [4.69, 9.17) is 0 Å². The van der Waals surface area contributed by atoms with Gasteiger partial charge in [0.2, 0.25) is 0 Å². The molecule has 0 saturated carbocycles. The van der Waals surface area contributed by atoms with E-state index in [2.05, 4.69) is 59.8 Å². The zero-order chi connectivity index (χ0) is 8.10. The highest BCUT2D eigenvalue weighted by Gasteiger charge is 2.00. The number of rotatable bonds is 3. The van der Waals surface area contributed by atoms with Crippen LogP contribution in [0.2, 0.25) is 0 Å². The molecular formula is C10H13I. The molecule has 0 aromatic heterocycles. The summed E-state index contributed by atoms with van der Waals surface area (Å²) >= 11 is 2.51. The van der Waals surface area contributed by atoms with E-state index in [1.807, 2.05) is 0 Å². The van der Waals surface area contributed by atoms with E-state index in [-0.39, 0.29) is 0 Å². The van der Waals surface area contributed by atoms with Crippen LogP contribution in [-0.4, -0.2) is 3.92 Å². The van der Waals surface area contributed by atoms with Gasteiger partial charge in [-0.05, 0) is 18.4 Å². The van der Waals surface area contributed by atoms with Crippen molar-refractivity contribution in [2.24, 2.45) is 0 Å². The highest BCUT2D eigenvalue weighted by molar-refractivity contribution is 14.1. The maximum Gasteiger partial charge on any atom is 0.0147 e. The van der Waals surface area contributed by atoms with E-state index >= 15 is 0 Å². The minimum Gasteiger partial charge on any atom is -0.0823 e. The molecule has 60 valence electrons. The predicted molar refractivity (Wildman–Crippen MR) is 58.2 cm³/mol. The third kappa shape index (κ3) is 3.23. The van der Waals surface area contributed by atoms with E-state index in [1.165, 1.54) is 18.4 Å². The summed E-state index contributed by atoms with van der Waals surface area (Å²) in [5.41, 5.74) is 1.45. The molecule has 1 heteroatoms. The summed E-state index contributed by atoms with van der Waals surface area (Å²) in [4.78, 5) is 0. The van der Waals surface area contributed by atoms with E-state index < -0.39 is 0 Å². The predicted octanol–water partition coefficient (Wildman–Crippen LogP) is 3.44. The smallest absolute Gasteiger partial charge is 0.0147 e. The van der Waals surface area contributed by atoms with Gasteiger partial charge < -0.3 is 0 Å². The fourth-order valence-electron chi connectivity index (χ4n) is 1.01. The van der Waals surface area contributed by atoms with Crippen LogP contribution in [0.15, 0.2) is 30.3 Å². The number of hydrogen-bond acceptors (Lipinski definition) is 0. The molecule has 0 nitrogen and oxygen atoms in total. The van der Waals surface area contributed by atoms with Gasteiger partial charge in [0, 0.05) is 3.92 Å². The topological polar surface area (TPSA) is 0 Å². The van der Waals surface area contributed by atoms with Gasteiger partial charge in [0.25, 0.3) is 0 Å². The second-order valence-electron chi connectivity index (χ2n) is 2.70. The number of benzene rings is 1. The van der Waals surface area contributed by atoms with Crippen LogP contribution >= 0.6 is 22.6 Å². The van der Waals surface area contributed by atoms with Crippen molar-refractivity contribution in [2.45, 2.75) is 23.7 Å². The van der Waals surface area contributed by atoms with E-state index in [9.17, 15) is 0 Å². The van der Waals surface area contributed by atoms with Crippen molar-refractivity contribution < 1.29 is 0 Å². The molecule has 0 amide bonds. The highest BCUT2D eigenvalue weighted by atomic mass is 127. The van der Waals surface area contributed by atoms with Crippen LogP contribution in [0, 0.1) is 0 Å². The van der Waals surface area contributed by atoms with Crippen molar-refractivity contribution >= 4 is 22.6 Å². The highest BCUT2D eigenvalue weighted by Crippen LogP contribution is 2.12. The summed E-state index contributed by atoms with van der Waals surface area (Å²) in [7, 11) is 0. The molecular weight excluding hydrogens is 247 g/mol. The van der Waals surface area contributed by atoms with Gasteiger partial charge in [-0.2, -0.15) is 0 Å². The van der Waals surface area contributed by atoms with Gasteiger partial charge in [-0.15, -0.1) is 0 Å². The van der Waals surface area contributed by atoms with Gasteiger partial charge in [0.05, 0.1) is 0 Å². The third-order valence-corrected chi connectivity index (χ3v) is 3.06. The summed E-state index contributed by atoms with van der Waals surface area (Å²) in [6.45, 7) is 2.24. The van der Waals surface area contributed by atoms with Crippen molar-refractivity contribution in [3.8, 4) is 0 Å². The number of halogens is 1. The fourth-order valence-corrected chi connectivity index (χ4v) is 1.52. The zero-order valence-corrected chi connectivity index (χ0v) is 8.91. The van der Waals surface area contributed by atoms with Crippen molar-refractivity contribution in [1.82, 2.24) is 0 Å². The molecule has 0 bridgehead atoms. The molecule has 0 heterocycles. The largest absolute Gasteiger partial charge is 0.0823 e. The van der Waals surface area contributed by atoms with Gasteiger partial charge in [-0.1, -0.05) is 59.8 Å². The number of hydrogen-bond donors (Lipinski definition) is 0. The first-order valence-corrected chi connectivity index (χ1v) is 5.25. The molecule has 0 aliphatic rings. The molecule has 11 heavy (non-hydrogen) atoms. The molecule has 1 unspecified atom stereocenters. The molecule has 0 radical (unpaired) electrons. The minimum absolute atomic E-state index is 0.787. The Morgan fingerprint density at radius 3 is 2.45 bits per heavy atom. The Bertz CT molecular complexity index is 193. The van der Waals surface area contributed by atoms with Gasteiger partial charge in [0.15, 0.2) is 0 Å². The van der Waals surface area contributed by atoms with E-state index in [0.717, 1.165) is 3.92 Å². The molecule has 0 saturated heterocycles.